The van der Waals surface area contributed by atoms with Crippen LogP contribution in [0, 0.1) is 0 Å². The van der Waals surface area contributed by atoms with Gasteiger partial charge in [0.1, 0.15) is 5.75 Å². The summed E-state index contributed by atoms with van der Waals surface area (Å²) in [7, 11) is 1.56. The van der Waals surface area contributed by atoms with Crippen LogP contribution in [0.3, 0.4) is 0 Å². The van der Waals surface area contributed by atoms with Crippen LogP contribution in [0.4, 0.5) is 0 Å². The van der Waals surface area contributed by atoms with Crippen molar-refractivity contribution in [3.05, 3.63) is 27.7 Å². The first kappa shape index (κ1) is 13.9. The largest absolute Gasteiger partial charge is 0.495 e. The van der Waals surface area contributed by atoms with Gasteiger partial charge in [-0.25, -0.2) is 0 Å². The van der Waals surface area contributed by atoms with E-state index >= 15 is 0 Å². The molecular formula is C13H17Cl2NO2. The molecule has 100 valence electrons. The van der Waals surface area contributed by atoms with Crippen LogP contribution in [0.15, 0.2) is 12.1 Å². The lowest BCUT2D eigenvalue weighted by Gasteiger charge is -2.28. The van der Waals surface area contributed by atoms with Crippen molar-refractivity contribution in [1.82, 2.24) is 0 Å². The van der Waals surface area contributed by atoms with Gasteiger partial charge in [0, 0.05) is 17.7 Å². The highest BCUT2D eigenvalue weighted by Crippen LogP contribution is 2.36. The molecule has 1 heterocycles. The first-order valence-corrected chi connectivity index (χ1v) is 6.79. The van der Waals surface area contributed by atoms with Gasteiger partial charge in [-0.2, -0.15) is 0 Å². The minimum Gasteiger partial charge on any atom is -0.495 e. The third kappa shape index (κ3) is 2.91. The molecule has 0 amide bonds. The Hall–Kier alpha value is -0.480. The molecule has 2 atom stereocenters. The van der Waals surface area contributed by atoms with Crippen molar-refractivity contribution in [2.45, 2.75) is 31.4 Å². The van der Waals surface area contributed by atoms with Crippen LogP contribution in [-0.4, -0.2) is 19.8 Å². The summed E-state index contributed by atoms with van der Waals surface area (Å²) in [5, 5.41) is 1.08. The zero-order chi connectivity index (χ0) is 13.1. The van der Waals surface area contributed by atoms with E-state index in [-0.39, 0.29) is 12.1 Å². The Kier molecular flexibility index (Phi) is 4.73. The lowest BCUT2D eigenvalue weighted by Crippen LogP contribution is -2.32. The molecule has 1 aliphatic heterocycles. The first-order valence-electron chi connectivity index (χ1n) is 6.03. The number of nitrogens with two attached hydrogens (primary N) is 1. The van der Waals surface area contributed by atoms with Crippen LogP contribution in [-0.2, 0) is 4.74 Å². The van der Waals surface area contributed by atoms with Gasteiger partial charge in [-0.1, -0.05) is 23.2 Å². The maximum Gasteiger partial charge on any atom is 0.138 e. The zero-order valence-electron chi connectivity index (χ0n) is 10.3. The second-order valence-electron chi connectivity index (χ2n) is 4.44. The molecule has 0 aliphatic carbocycles. The highest BCUT2D eigenvalue weighted by molar-refractivity contribution is 6.34. The third-order valence-electron chi connectivity index (χ3n) is 3.25. The molecule has 1 aliphatic rings. The lowest BCUT2D eigenvalue weighted by molar-refractivity contribution is 0.0000233. The van der Waals surface area contributed by atoms with E-state index in [9.17, 15) is 0 Å². The summed E-state index contributed by atoms with van der Waals surface area (Å²) in [5.41, 5.74) is 7.04. The van der Waals surface area contributed by atoms with Crippen LogP contribution in [0.25, 0.3) is 0 Å². The maximum atomic E-state index is 6.22. The van der Waals surface area contributed by atoms with Crippen LogP contribution in [0.5, 0.6) is 5.75 Å². The van der Waals surface area contributed by atoms with Gasteiger partial charge >= 0.3 is 0 Å². The molecule has 0 bridgehead atoms. The average molecular weight is 290 g/mol. The standard InChI is InChI=1S/C13H17Cl2NO2/c1-17-12-7-9(14)8(6-10(12)15)13(16)11-4-2-3-5-18-11/h6-7,11,13H,2-5,16H2,1H3. The molecule has 5 heteroatoms. The molecule has 3 nitrogen and oxygen atoms in total. The van der Waals surface area contributed by atoms with Crippen LogP contribution in [0.2, 0.25) is 10.0 Å². The fourth-order valence-electron chi connectivity index (χ4n) is 2.20. The minimum absolute atomic E-state index is 0.0145. The van der Waals surface area contributed by atoms with Gasteiger partial charge in [0.05, 0.1) is 24.3 Å². The molecule has 0 spiro atoms. The minimum atomic E-state index is -0.249. The van der Waals surface area contributed by atoms with Crippen molar-refractivity contribution in [2.24, 2.45) is 5.73 Å². The van der Waals surface area contributed by atoms with Gasteiger partial charge in [0.2, 0.25) is 0 Å². The number of halogens is 2. The van der Waals surface area contributed by atoms with E-state index in [1.165, 1.54) is 0 Å². The fourth-order valence-corrected chi connectivity index (χ4v) is 2.73. The first-order chi connectivity index (χ1) is 8.63. The molecule has 2 N–H and O–H groups in total. The van der Waals surface area contributed by atoms with Crippen molar-refractivity contribution in [3.8, 4) is 5.75 Å². The summed E-state index contributed by atoms with van der Waals surface area (Å²) in [6, 6.07) is 3.22. The Balaban J connectivity index is 2.23. The predicted octanol–water partition coefficient (Wildman–Crippen LogP) is 3.57. The molecular weight excluding hydrogens is 273 g/mol. The molecule has 18 heavy (non-hydrogen) atoms. The summed E-state index contributed by atoms with van der Waals surface area (Å²) < 4.78 is 10.8. The Morgan fingerprint density at radius 3 is 2.72 bits per heavy atom. The molecule has 0 aromatic heterocycles. The normalized spacial score (nSPS) is 21.7. The molecule has 2 unspecified atom stereocenters. The smallest absolute Gasteiger partial charge is 0.138 e. The molecule has 0 saturated carbocycles. The molecule has 1 aromatic carbocycles. The SMILES string of the molecule is COc1cc(Cl)c(C(N)C2CCCCO2)cc1Cl. The zero-order valence-corrected chi connectivity index (χ0v) is 11.8. The number of benzene rings is 1. The topological polar surface area (TPSA) is 44.5 Å². The van der Waals surface area contributed by atoms with Crippen LogP contribution in [0.1, 0.15) is 30.9 Å². The van der Waals surface area contributed by atoms with Gasteiger partial charge in [-0.15, -0.1) is 0 Å². The van der Waals surface area contributed by atoms with E-state index in [2.05, 4.69) is 0 Å². The Morgan fingerprint density at radius 1 is 1.33 bits per heavy atom. The van der Waals surface area contributed by atoms with Crippen LogP contribution < -0.4 is 10.5 Å². The van der Waals surface area contributed by atoms with Gasteiger partial charge in [0.15, 0.2) is 0 Å². The average Bonchev–Trinajstić information content (AvgIpc) is 2.41. The van der Waals surface area contributed by atoms with Gasteiger partial charge in [-0.05, 0) is 30.9 Å². The summed E-state index contributed by atoms with van der Waals surface area (Å²) in [5.74, 6) is 0.558. The molecule has 1 saturated heterocycles. The lowest BCUT2D eigenvalue weighted by atomic mass is 9.96. The van der Waals surface area contributed by atoms with Gasteiger partial charge < -0.3 is 15.2 Å². The monoisotopic (exact) mass is 289 g/mol. The number of methoxy groups -OCH3 is 1. The van der Waals surface area contributed by atoms with E-state index in [1.807, 2.05) is 0 Å². The molecule has 2 rings (SSSR count). The fraction of sp³-hybridized carbons (Fsp3) is 0.538. The summed E-state index contributed by atoms with van der Waals surface area (Å²) >= 11 is 12.3. The molecule has 0 radical (unpaired) electrons. The van der Waals surface area contributed by atoms with Crippen molar-refractivity contribution >= 4 is 23.2 Å². The van der Waals surface area contributed by atoms with E-state index < -0.39 is 0 Å². The van der Waals surface area contributed by atoms with Crippen molar-refractivity contribution in [3.63, 3.8) is 0 Å². The Labute approximate surface area is 117 Å². The maximum absolute atomic E-state index is 6.22. The third-order valence-corrected chi connectivity index (χ3v) is 3.87. The second kappa shape index (κ2) is 6.11. The highest BCUT2D eigenvalue weighted by Gasteiger charge is 2.25. The van der Waals surface area contributed by atoms with Gasteiger partial charge in [0.25, 0.3) is 0 Å². The van der Waals surface area contributed by atoms with Gasteiger partial charge in [-0.3, -0.25) is 0 Å². The quantitative estimate of drug-likeness (QED) is 0.925. The Bertz CT molecular complexity index is 420. The summed E-state index contributed by atoms with van der Waals surface area (Å²) in [6.45, 7) is 0.764. The second-order valence-corrected chi connectivity index (χ2v) is 5.25. The van der Waals surface area contributed by atoms with E-state index in [1.54, 1.807) is 19.2 Å². The number of hydrogen-bond acceptors (Lipinski definition) is 3. The van der Waals surface area contributed by atoms with Crippen molar-refractivity contribution < 1.29 is 9.47 Å². The highest BCUT2D eigenvalue weighted by atomic mass is 35.5. The van der Waals surface area contributed by atoms with Crippen LogP contribution >= 0.6 is 23.2 Å². The van der Waals surface area contributed by atoms with E-state index in [0.717, 1.165) is 31.4 Å². The summed E-state index contributed by atoms with van der Waals surface area (Å²) in [4.78, 5) is 0. The Morgan fingerprint density at radius 2 is 2.11 bits per heavy atom. The van der Waals surface area contributed by atoms with Crippen molar-refractivity contribution in [1.29, 1.82) is 0 Å². The molecule has 1 fully saturated rings. The summed E-state index contributed by atoms with van der Waals surface area (Å²) in [6.07, 6.45) is 3.21. The number of hydrogen-bond donors (Lipinski definition) is 1. The number of ether oxygens (including phenoxy) is 2. The van der Waals surface area contributed by atoms with Crippen molar-refractivity contribution in [2.75, 3.05) is 13.7 Å². The van der Waals surface area contributed by atoms with E-state index in [4.69, 9.17) is 38.4 Å². The van der Waals surface area contributed by atoms with E-state index in [0.29, 0.717) is 15.8 Å². The molecule has 1 aromatic rings. The predicted molar refractivity (Wildman–Crippen MR) is 73.5 cm³/mol. The number of rotatable bonds is 3.